The van der Waals surface area contributed by atoms with Crippen molar-refractivity contribution in [1.29, 1.82) is 0 Å². The Morgan fingerprint density at radius 1 is 1.44 bits per heavy atom. The molecular weight excluding hydrogens is 230 g/mol. The van der Waals surface area contributed by atoms with Crippen LogP contribution in [0.15, 0.2) is 30.5 Å². The second-order valence-electron chi connectivity index (χ2n) is 4.10. The second-order valence-corrected chi connectivity index (χ2v) is 4.10. The van der Waals surface area contributed by atoms with Gasteiger partial charge >= 0.3 is 0 Å². The number of nitrogens with zero attached hydrogens (tertiary/aromatic N) is 1. The largest absolute Gasteiger partial charge is 0.399 e. The van der Waals surface area contributed by atoms with Gasteiger partial charge in [-0.15, -0.1) is 0 Å². The number of ether oxygens (including phenoxy) is 1. The Bertz CT molecular complexity index is 548. The number of methoxy groups -OCH3 is 1. The van der Waals surface area contributed by atoms with Crippen LogP contribution in [0.3, 0.4) is 0 Å². The molecule has 0 radical (unpaired) electrons. The van der Waals surface area contributed by atoms with E-state index in [1.165, 1.54) is 0 Å². The molecule has 0 saturated carbocycles. The number of nitrogens with one attached hydrogen (secondary N) is 1. The number of fused-ring (bicyclic) bond motifs is 1. The summed E-state index contributed by atoms with van der Waals surface area (Å²) in [5.41, 5.74) is 7.45. The number of hydrogen-bond acceptors (Lipinski definition) is 3. The minimum absolute atomic E-state index is 0.0265. The number of nitrogen functional groups attached to an aromatic ring is 1. The molecule has 0 atom stereocenters. The van der Waals surface area contributed by atoms with Crippen LogP contribution in [-0.2, 0) is 16.1 Å². The minimum Gasteiger partial charge on any atom is -0.399 e. The Hall–Kier alpha value is -2.01. The average Bonchev–Trinajstić information content (AvgIpc) is 2.72. The van der Waals surface area contributed by atoms with Gasteiger partial charge in [-0.1, -0.05) is 0 Å². The van der Waals surface area contributed by atoms with Gasteiger partial charge in [-0.2, -0.15) is 0 Å². The Morgan fingerprint density at radius 3 is 3.06 bits per heavy atom. The quantitative estimate of drug-likeness (QED) is 0.611. The number of amides is 1. The van der Waals surface area contributed by atoms with Crippen molar-refractivity contribution < 1.29 is 9.53 Å². The van der Waals surface area contributed by atoms with Crippen LogP contribution in [0.2, 0.25) is 0 Å². The van der Waals surface area contributed by atoms with Gasteiger partial charge in [0, 0.05) is 36.4 Å². The first kappa shape index (κ1) is 12.4. The first-order valence-corrected chi connectivity index (χ1v) is 5.80. The highest BCUT2D eigenvalue weighted by atomic mass is 16.5. The van der Waals surface area contributed by atoms with Crippen molar-refractivity contribution in [1.82, 2.24) is 9.88 Å². The van der Waals surface area contributed by atoms with Gasteiger partial charge in [0.2, 0.25) is 5.91 Å². The standard InChI is InChI=1S/C13H17N3O2/c1-18-7-5-15-13(17)9-16-6-4-10-8-11(14)2-3-12(10)16/h2-4,6,8H,5,7,9,14H2,1H3,(H,15,17). The molecule has 5 heteroatoms. The van der Waals surface area contributed by atoms with Gasteiger partial charge in [-0.05, 0) is 24.3 Å². The lowest BCUT2D eigenvalue weighted by atomic mass is 10.2. The lowest BCUT2D eigenvalue weighted by Gasteiger charge is -2.07. The van der Waals surface area contributed by atoms with Crippen LogP contribution in [0.25, 0.3) is 10.9 Å². The minimum atomic E-state index is -0.0265. The fourth-order valence-corrected chi connectivity index (χ4v) is 1.86. The molecule has 5 nitrogen and oxygen atoms in total. The van der Waals surface area contributed by atoms with Crippen LogP contribution in [0.1, 0.15) is 0 Å². The van der Waals surface area contributed by atoms with Crippen LogP contribution in [-0.4, -0.2) is 30.7 Å². The number of nitrogens with two attached hydrogens (primary N) is 1. The summed E-state index contributed by atoms with van der Waals surface area (Å²) in [5, 5.41) is 3.83. The summed E-state index contributed by atoms with van der Waals surface area (Å²) in [6, 6.07) is 7.61. The normalized spacial score (nSPS) is 10.7. The smallest absolute Gasteiger partial charge is 0.240 e. The summed E-state index contributed by atoms with van der Waals surface area (Å²) in [7, 11) is 1.61. The Labute approximate surface area is 106 Å². The molecule has 0 aliphatic heterocycles. The fourth-order valence-electron chi connectivity index (χ4n) is 1.86. The highest BCUT2D eigenvalue weighted by Gasteiger charge is 2.05. The number of hydrogen-bond donors (Lipinski definition) is 2. The third-order valence-corrected chi connectivity index (χ3v) is 2.74. The van der Waals surface area contributed by atoms with Crippen molar-refractivity contribution >= 4 is 22.5 Å². The third kappa shape index (κ3) is 2.81. The van der Waals surface area contributed by atoms with Gasteiger partial charge in [-0.25, -0.2) is 0 Å². The van der Waals surface area contributed by atoms with E-state index in [1.54, 1.807) is 7.11 Å². The molecule has 0 fully saturated rings. The maximum atomic E-state index is 11.7. The van der Waals surface area contributed by atoms with Crippen LogP contribution in [0.5, 0.6) is 0 Å². The van der Waals surface area contributed by atoms with Gasteiger partial charge in [0.1, 0.15) is 6.54 Å². The van der Waals surface area contributed by atoms with E-state index in [-0.39, 0.29) is 5.91 Å². The molecule has 0 aliphatic rings. The molecule has 0 spiro atoms. The summed E-state index contributed by atoms with van der Waals surface area (Å²) in [6.45, 7) is 1.35. The van der Waals surface area contributed by atoms with E-state index < -0.39 is 0 Å². The zero-order chi connectivity index (χ0) is 13.0. The van der Waals surface area contributed by atoms with Crippen LogP contribution < -0.4 is 11.1 Å². The van der Waals surface area contributed by atoms with Crippen molar-refractivity contribution in [2.24, 2.45) is 0 Å². The van der Waals surface area contributed by atoms with Crippen LogP contribution in [0, 0.1) is 0 Å². The Morgan fingerprint density at radius 2 is 2.28 bits per heavy atom. The summed E-state index contributed by atoms with van der Waals surface area (Å²) >= 11 is 0. The van der Waals surface area contributed by atoms with E-state index in [1.807, 2.05) is 35.0 Å². The van der Waals surface area contributed by atoms with Crippen molar-refractivity contribution in [2.45, 2.75) is 6.54 Å². The average molecular weight is 247 g/mol. The van der Waals surface area contributed by atoms with Gasteiger partial charge < -0.3 is 20.4 Å². The lowest BCUT2D eigenvalue weighted by molar-refractivity contribution is -0.121. The topological polar surface area (TPSA) is 69.3 Å². The molecule has 0 bridgehead atoms. The molecule has 1 aromatic heterocycles. The summed E-state index contributed by atoms with van der Waals surface area (Å²) in [5.74, 6) is -0.0265. The summed E-state index contributed by atoms with van der Waals surface area (Å²) in [4.78, 5) is 11.7. The maximum absolute atomic E-state index is 11.7. The van der Waals surface area contributed by atoms with Crippen LogP contribution >= 0.6 is 0 Å². The monoisotopic (exact) mass is 247 g/mol. The zero-order valence-corrected chi connectivity index (χ0v) is 10.3. The third-order valence-electron chi connectivity index (χ3n) is 2.74. The SMILES string of the molecule is COCCNC(=O)Cn1ccc2cc(N)ccc21. The molecule has 2 rings (SSSR count). The molecule has 96 valence electrons. The molecule has 0 saturated heterocycles. The molecule has 0 aliphatic carbocycles. The van der Waals surface area contributed by atoms with E-state index in [9.17, 15) is 4.79 Å². The van der Waals surface area contributed by atoms with Gasteiger partial charge in [0.25, 0.3) is 0 Å². The Balaban J connectivity index is 2.05. The van der Waals surface area contributed by atoms with Gasteiger partial charge in [-0.3, -0.25) is 4.79 Å². The summed E-state index contributed by atoms with van der Waals surface area (Å²) in [6.07, 6.45) is 1.89. The maximum Gasteiger partial charge on any atom is 0.240 e. The van der Waals surface area contributed by atoms with Crippen molar-refractivity contribution in [3.8, 4) is 0 Å². The first-order chi connectivity index (χ1) is 8.70. The molecule has 0 unspecified atom stereocenters. The van der Waals surface area contributed by atoms with Crippen molar-refractivity contribution in [3.05, 3.63) is 30.5 Å². The van der Waals surface area contributed by atoms with Gasteiger partial charge in [0.05, 0.1) is 6.61 Å². The number of anilines is 1. The number of aromatic nitrogens is 1. The number of benzene rings is 1. The van der Waals surface area contributed by atoms with Crippen molar-refractivity contribution in [3.63, 3.8) is 0 Å². The van der Waals surface area contributed by atoms with E-state index in [0.29, 0.717) is 19.7 Å². The Kier molecular flexibility index (Phi) is 3.84. The van der Waals surface area contributed by atoms with E-state index in [2.05, 4.69) is 5.32 Å². The van der Waals surface area contributed by atoms with Crippen LogP contribution in [0.4, 0.5) is 5.69 Å². The molecule has 18 heavy (non-hydrogen) atoms. The molecule has 1 heterocycles. The van der Waals surface area contributed by atoms with Gasteiger partial charge in [0.15, 0.2) is 0 Å². The van der Waals surface area contributed by atoms with E-state index in [0.717, 1.165) is 16.6 Å². The molecule has 3 N–H and O–H groups in total. The molecule has 1 aromatic carbocycles. The molecule has 2 aromatic rings. The predicted molar refractivity (Wildman–Crippen MR) is 71.2 cm³/mol. The summed E-state index contributed by atoms with van der Waals surface area (Å²) < 4.78 is 6.78. The first-order valence-electron chi connectivity index (χ1n) is 5.80. The van der Waals surface area contributed by atoms with E-state index in [4.69, 9.17) is 10.5 Å². The van der Waals surface area contributed by atoms with Crippen molar-refractivity contribution in [2.75, 3.05) is 26.0 Å². The molecule has 1 amide bonds. The second kappa shape index (κ2) is 5.55. The number of carbonyl (C=O) groups excluding carboxylic acids is 1. The lowest BCUT2D eigenvalue weighted by Crippen LogP contribution is -2.30. The zero-order valence-electron chi connectivity index (χ0n) is 10.3. The number of rotatable bonds is 5. The fraction of sp³-hybridized carbons (Fsp3) is 0.308. The highest BCUT2D eigenvalue weighted by molar-refractivity contribution is 5.85. The number of carbonyl (C=O) groups is 1. The molecular formula is C13H17N3O2. The van der Waals surface area contributed by atoms with E-state index >= 15 is 0 Å². The highest BCUT2D eigenvalue weighted by Crippen LogP contribution is 2.18. The predicted octanol–water partition coefficient (Wildman–Crippen LogP) is 0.986.